The largest absolute Gasteiger partial charge is 0.322 e. The maximum Gasteiger partial charge on any atom is 0.274 e. The van der Waals surface area contributed by atoms with Crippen molar-refractivity contribution in [3.63, 3.8) is 0 Å². The Labute approximate surface area is 148 Å². The number of carbonyl (C=O) groups is 1. The molecule has 7 heteroatoms. The summed E-state index contributed by atoms with van der Waals surface area (Å²) in [5, 5.41) is 13.5. The van der Waals surface area contributed by atoms with E-state index in [4.69, 9.17) is 0 Å². The number of aryl methyl sites for hydroxylation is 1. The average molecular weight is 349 g/mol. The molecule has 0 aliphatic carbocycles. The fourth-order valence-electron chi connectivity index (χ4n) is 2.52. The summed E-state index contributed by atoms with van der Waals surface area (Å²) in [7, 11) is 0. The van der Waals surface area contributed by atoms with E-state index in [0.717, 1.165) is 5.56 Å². The maximum atomic E-state index is 12.3. The molecule has 2 aromatic carbocycles. The number of rotatable bonds is 4. The third-order valence-corrected chi connectivity index (χ3v) is 3.90. The fourth-order valence-corrected chi connectivity index (χ4v) is 2.52. The number of aromatic amines is 1. The van der Waals surface area contributed by atoms with Crippen molar-refractivity contribution in [2.24, 2.45) is 0 Å². The van der Waals surface area contributed by atoms with Crippen molar-refractivity contribution in [3.05, 3.63) is 92.3 Å². The van der Waals surface area contributed by atoms with Crippen LogP contribution in [0.5, 0.6) is 0 Å². The standard InChI is InChI=1S/C19H15N3O4/c1-12-7-8-14(11-17(12)22(25)26)20-18(23)15-9-10-16(21-19(15)24)13-5-3-2-4-6-13/h2-11H,1H3,(H,20,23)(H,21,24). The number of anilines is 1. The Morgan fingerprint density at radius 1 is 1.08 bits per heavy atom. The number of nitro groups is 1. The molecule has 3 aromatic rings. The molecule has 1 heterocycles. The van der Waals surface area contributed by atoms with Gasteiger partial charge in [0.2, 0.25) is 0 Å². The third kappa shape index (κ3) is 3.51. The molecule has 130 valence electrons. The molecule has 26 heavy (non-hydrogen) atoms. The number of benzene rings is 2. The van der Waals surface area contributed by atoms with Crippen LogP contribution in [0, 0.1) is 17.0 Å². The molecular formula is C19H15N3O4. The summed E-state index contributed by atoms with van der Waals surface area (Å²) in [6.07, 6.45) is 0. The van der Waals surface area contributed by atoms with Crippen LogP contribution < -0.4 is 10.9 Å². The minimum Gasteiger partial charge on any atom is -0.322 e. The Kier molecular flexibility index (Phi) is 4.62. The van der Waals surface area contributed by atoms with Crippen molar-refractivity contribution >= 4 is 17.3 Å². The van der Waals surface area contributed by atoms with E-state index >= 15 is 0 Å². The number of H-pyrrole nitrogens is 1. The molecule has 1 aromatic heterocycles. The molecule has 0 unspecified atom stereocenters. The van der Waals surface area contributed by atoms with Gasteiger partial charge in [-0.25, -0.2) is 0 Å². The van der Waals surface area contributed by atoms with Crippen molar-refractivity contribution in [1.82, 2.24) is 4.98 Å². The highest BCUT2D eigenvalue weighted by Crippen LogP contribution is 2.22. The number of amides is 1. The molecule has 0 aliphatic rings. The van der Waals surface area contributed by atoms with Gasteiger partial charge >= 0.3 is 0 Å². The SMILES string of the molecule is Cc1ccc(NC(=O)c2ccc(-c3ccccc3)[nH]c2=O)cc1[N+](=O)[O-]. The summed E-state index contributed by atoms with van der Waals surface area (Å²) in [6.45, 7) is 1.61. The van der Waals surface area contributed by atoms with Gasteiger partial charge in [0.1, 0.15) is 5.56 Å². The van der Waals surface area contributed by atoms with Crippen LogP contribution in [0.3, 0.4) is 0 Å². The first-order valence-electron chi connectivity index (χ1n) is 7.81. The van der Waals surface area contributed by atoms with Gasteiger partial charge in [0.15, 0.2) is 0 Å². The van der Waals surface area contributed by atoms with E-state index in [0.29, 0.717) is 11.3 Å². The summed E-state index contributed by atoms with van der Waals surface area (Å²) in [4.78, 5) is 37.7. The number of nitro benzene ring substituents is 1. The lowest BCUT2D eigenvalue weighted by molar-refractivity contribution is -0.385. The van der Waals surface area contributed by atoms with Gasteiger partial charge in [0, 0.05) is 23.0 Å². The van der Waals surface area contributed by atoms with Gasteiger partial charge in [-0.15, -0.1) is 0 Å². The van der Waals surface area contributed by atoms with Crippen molar-refractivity contribution in [1.29, 1.82) is 0 Å². The smallest absolute Gasteiger partial charge is 0.274 e. The zero-order chi connectivity index (χ0) is 18.7. The fraction of sp³-hybridized carbons (Fsp3) is 0.0526. The first-order valence-corrected chi connectivity index (χ1v) is 7.81. The van der Waals surface area contributed by atoms with E-state index in [9.17, 15) is 19.7 Å². The molecular weight excluding hydrogens is 334 g/mol. The first kappa shape index (κ1) is 17.1. The van der Waals surface area contributed by atoms with Crippen LogP contribution in [0.25, 0.3) is 11.3 Å². The second-order valence-corrected chi connectivity index (χ2v) is 5.69. The minimum absolute atomic E-state index is 0.0760. The van der Waals surface area contributed by atoms with E-state index in [2.05, 4.69) is 10.3 Å². The van der Waals surface area contributed by atoms with E-state index < -0.39 is 16.4 Å². The number of hydrogen-bond donors (Lipinski definition) is 2. The molecule has 0 spiro atoms. The monoisotopic (exact) mass is 349 g/mol. The molecule has 0 saturated heterocycles. The van der Waals surface area contributed by atoms with Gasteiger partial charge in [0.25, 0.3) is 17.2 Å². The summed E-state index contributed by atoms with van der Waals surface area (Å²) in [5.74, 6) is -0.635. The van der Waals surface area contributed by atoms with Gasteiger partial charge < -0.3 is 10.3 Å². The average Bonchev–Trinajstić information content (AvgIpc) is 2.63. The topological polar surface area (TPSA) is 105 Å². The van der Waals surface area contributed by atoms with Crippen molar-refractivity contribution < 1.29 is 9.72 Å². The van der Waals surface area contributed by atoms with E-state index in [1.165, 1.54) is 18.2 Å². The number of aromatic nitrogens is 1. The number of pyridine rings is 1. The first-order chi connectivity index (χ1) is 12.5. The summed E-state index contributed by atoms with van der Waals surface area (Å²) in [6, 6.07) is 16.7. The molecule has 0 bridgehead atoms. The van der Waals surface area contributed by atoms with E-state index in [-0.39, 0.29) is 16.9 Å². The molecule has 0 fully saturated rings. The highest BCUT2D eigenvalue weighted by Gasteiger charge is 2.15. The Bertz CT molecular complexity index is 1040. The second-order valence-electron chi connectivity index (χ2n) is 5.69. The summed E-state index contributed by atoms with van der Waals surface area (Å²) < 4.78 is 0. The van der Waals surface area contributed by atoms with Crippen LogP contribution in [0.15, 0.2) is 65.5 Å². The number of nitrogens with one attached hydrogen (secondary N) is 2. The van der Waals surface area contributed by atoms with Gasteiger partial charge in [0.05, 0.1) is 4.92 Å². The highest BCUT2D eigenvalue weighted by molar-refractivity contribution is 6.04. The summed E-state index contributed by atoms with van der Waals surface area (Å²) in [5.41, 5.74) is 1.44. The molecule has 1 amide bonds. The Balaban J connectivity index is 1.86. The Morgan fingerprint density at radius 2 is 1.81 bits per heavy atom. The highest BCUT2D eigenvalue weighted by atomic mass is 16.6. The molecule has 2 N–H and O–H groups in total. The van der Waals surface area contributed by atoms with Crippen molar-refractivity contribution in [3.8, 4) is 11.3 Å². The lowest BCUT2D eigenvalue weighted by Gasteiger charge is -2.07. The zero-order valence-corrected chi connectivity index (χ0v) is 13.9. The molecule has 0 saturated carbocycles. The van der Waals surface area contributed by atoms with Crippen LogP contribution in [-0.4, -0.2) is 15.8 Å². The molecule has 0 atom stereocenters. The van der Waals surface area contributed by atoms with Crippen LogP contribution >= 0.6 is 0 Å². The van der Waals surface area contributed by atoms with Crippen LogP contribution in [0.4, 0.5) is 11.4 Å². The van der Waals surface area contributed by atoms with Gasteiger partial charge in [-0.1, -0.05) is 36.4 Å². The molecule has 0 aliphatic heterocycles. The quantitative estimate of drug-likeness (QED) is 0.555. The Hall–Kier alpha value is -3.74. The van der Waals surface area contributed by atoms with Crippen LogP contribution in [0.2, 0.25) is 0 Å². The molecule has 3 rings (SSSR count). The van der Waals surface area contributed by atoms with Gasteiger partial charge in [-0.2, -0.15) is 0 Å². The van der Waals surface area contributed by atoms with E-state index in [1.807, 2.05) is 30.3 Å². The molecule has 0 radical (unpaired) electrons. The lowest BCUT2D eigenvalue weighted by Crippen LogP contribution is -2.23. The lowest BCUT2D eigenvalue weighted by atomic mass is 10.1. The van der Waals surface area contributed by atoms with Gasteiger partial charge in [-0.05, 0) is 30.7 Å². The second kappa shape index (κ2) is 7.02. The normalized spacial score (nSPS) is 10.3. The number of hydrogen-bond acceptors (Lipinski definition) is 4. The number of nitrogens with zero attached hydrogens (tertiary/aromatic N) is 1. The van der Waals surface area contributed by atoms with Crippen molar-refractivity contribution in [2.45, 2.75) is 6.92 Å². The van der Waals surface area contributed by atoms with Crippen LogP contribution in [-0.2, 0) is 0 Å². The van der Waals surface area contributed by atoms with Crippen molar-refractivity contribution in [2.75, 3.05) is 5.32 Å². The number of carbonyl (C=O) groups excluding carboxylic acids is 1. The third-order valence-electron chi connectivity index (χ3n) is 3.90. The predicted molar refractivity (Wildman–Crippen MR) is 98.3 cm³/mol. The zero-order valence-electron chi connectivity index (χ0n) is 13.9. The predicted octanol–water partition coefficient (Wildman–Crippen LogP) is 3.51. The van der Waals surface area contributed by atoms with Crippen LogP contribution in [0.1, 0.15) is 15.9 Å². The summed E-state index contributed by atoms with van der Waals surface area (Å²) >= 11 is 0. The molecule has 7 nitrogen and oxygen atoms in total. The Morgan fingerprint density at radius 3 is 2.46 bits per heavy atom. The minimum atomic E-state index is -0.635. The van der Waals surface area contributed by atoms with Gasteiger partial charge in [-0.3, -0.25) is 19.7 Å². The van der Waals surface area contributed by atoms with E-state index in [1.54, 1.807) is 19.1 Å². The maximum absolute atomic E-state index is 12.3.